The van der Waals surface area contributed by atoms with Gasteiger partial charge in [-0.25, -0.2) is 9.97 Å². The highest BCUT2D eigenvalue weighted by Crippen LogP contribution is 2.38. The van der Waals surface area contributed by atoms with Crippen LogP contribution >= 0.6 is 15.9 Å². The summed E-state index contributed by atoms with van der Waals surface area (Å²) in [5.41, 5.74) is -0.689. The van der Waals surface area contributed by atoms with Crippen LogP contribution in [0.25, 0.3) is 0 Å². The van der Waals surface area contributed by atoms with Crippen LogP contribution in [0.3, 0.4) is 0 Å². The van der Waals surface area contributed by atoms with Gasteiger partial charge in [-0.15, -0.1) is 0 Å². The van der Waals surface area contributed by atoms with Crippen LogP contribution in [0.15, 0.2) is 10.7 Å². The highest BCUT2D eigenvalue weighted by atomic mass is 79.9. The molecule has 1 fully saturated rings. The molecule has 1 saturated carbocycles. The predicted molar refractivity (Wildman–Crippen MR) is 75.7 cm³/mol. The first-order valence-electron chi connectivity index (χ1n) is 6.51. The first-order chi connectivity index (χ1) is 8.50. The molecule has 0 aliphatic heterocycles. The Hall–Kier alpha value is -0.680. The Balaban J connectivity index is 2.00. The summed E-state index contributed by atoms with van der Waals surface area (Å²) in [5.74, 6) is 2.22. The van der Waals surface area contributed by atoms with Crippen molar-refractivity contribution in [3.8, 4) is 0 Å². The molecular weight excluding hydrogens is 294 g/mol. The highest BCUT2D eigenvalue weighted by molar-refractivity contribution is 9.10. The average molecular weight is 314 g/mol. The summed E-state index contributed by atoms with van der Waals surface area (Å²) >= 11 is 3.41. The first-order valence-corrected chi connectivity index (χ1v) is 7.30. The number of rotatable bonds is 6. The van der Waals surface area contributed by atoms with Gasteiger partial charge in [-0.2, -0.15) is 0 Å². The van der Waals surface area contributed by atoms with Gasteiger partial charge in [-0.05, 0) is 42.1 Å². The summed E-state index contributed by atoms with van der Waals surface area (Å²) in [6.07, 6.45) is 4.12. The van der Waals surface area contributed by atoms with Crippen molar-refractivity contribution in [2.24, 2.45) is 0 Å². The second-order valence-electron chi connectivity index (χ2n) is 5.31. The maximum absolute atomic E-state index is 10.1. The summed E-state index contributed by atoms with van der Waals surface area (Å²) in [4.78, 5) is 8.88. The molecule has 1 aliphatic rings. The molecule has 100 valence electrons. The third kappa shape index (κ3) is 3.92. The van der Waals surface area contributed by atoms with E-state index in [1.54, 1.807) is 0 Å². The van der Waals surface area contributed by atoms with Gasteiger partial charge in [0.05, 0.1) is 5.60 Å². The van der Waals surface area contributed by atoms with Crippen molar-refractivity contribution < 1.29 is 5.11 Å². The molecule has 0 radical (unpaired) electrons. The van der Waals surface area contributed by atoms with E-state index in [0.29, 0.717) is 12.5 Å². The number of nitrogens with zero attached hydrogens (tertiary/aromatic N) is 2. The molecule has 18 heavy (non-hydrogen) atoms. The molecule has 1 atom stereocenters. The monoisotopic (exact) mass is 313 g/mol. The summed E-state index contributed by atoms with van der Waals surface area (Å²) < 4.78 is 0.803. The van der Waals surface area contributed by atoms with Crippen molar-refractivity contribution in [2.45, 2.75) is 51.0 Å². The number of aliphatic hydroxyl groups is 1. The van der Waals surface area contributed by atoms with E-state index in [4.69, 9.17) is 0 Å². The molecule has 1 aromatic heterocycles. The van der Waals surface area contributed by atoms with Crippen molar-refractivity contribution >= 4 is 21.7 Å². The fourth-order valence-electron chi connectivity index (χ4n) is 1.96. The fraction of sp³-hybridized carbons (Fsp3) is 0.692. The Kier molecular flexibility index (Phi) is 4.22. The van der Waals surface area contributed by atoms with E-state index in [0.717, 1.165) is 29.1 Å². The van der Waals surface area contributed by atoms with E-state index in [1.807, 2.05) is 13.0 Å². The Morgan fingerprint density at radius 2 is 2.22 bits per heavy atom. The zero-order chi connectivity index (χ0) is 13.2. The molecule has 1 unspecified atom stereocenters. The molecule has 4 nitrogen and oxygen atoms in total. The molecule has 0 bridgehead atoms. The van der Waals surface area contributed by atoms with Crippen LogP contribution in [0.1, 0.15) is 51.3 Å². The second kappa shape index (κ2) is 5.53. The van der Waals surface area contributed by atoms with Crippen LogP contribution in [-0.4, -0.2) is 27.2 Å². The van der Waals surface area contributed by atoms with Crippen molar-refractivity contribution in [2.75, 3.05) is 11.9 Å². The summed E-state index contributed by atoms with van der Waals surface area (Å²) in [5, 5.41) is 13.3. The largest absolute Gasteiger partial charge is 0.388 e. The van der Waals surface area contributed by atoms with Crippen LogP contribution in [-0.2, 0) is 0 Å². The van der Waals surface area contributed by atoms with Gasteiger partial charge in [0.15, 0.2) is 0 Å². The molecular formula is C13H20BrN3O. The lowest BCUT2D eigenvalue weighted by molar-refractivity contribution is 0.0636. The smallest absolute Gasteiger partial charge is 0.135 e. The Labute approximate surface area is 116 Å². The van der Waals surface area contributed by atoms with Gasteiger partial charge in [-0.3, -0.25) is 0 Å². The third-order valence-corrected chi connectivity index (χ3v) is 3.50. The molecule has 1 aliphatic carbocycles. The maximum atomic E-state index is 10.1. The number of halogens is 1. The fourth-order valence-corrected chi connectivity index (χ4v) is 2.36. The van der Waals surface area contributed by atoms with Crippen LogP contribution in [0.5, 0.6) is 0 Å². The Morgan fingerprint density at radius 3 is 2.83 bits per heavy atom. The van der Waals surface area contributed by atoms with E-state index in [1.165, 1.54) is 12.8 Å². The third-order valence-electron chi connectivity index (χ3n) is 3.09. The Bertz CT molecular complexity index is 419. The van der Waals surface area contributed by atoms with Gasteiger partial charge in [0.25, 0.3) is 0 Å². The lowest BCUT2D eigenvalue weighted by Gasteiger charge is -2.23. The molecule has 2 N–H and O–H groups in total. The average Bonchev–Trinajstić information content (AvgIpc) is 3.09. The van der Waals surface area contributed by atoms with E-state index < -0.39 is 5.60 Å². The standard InChI is InChI=1S/C13H20BrN3O/c1-3-6-13(2,18)8-15-11-7-10(14)16-12(17-11)9-4-5-9/h7,9,18H,3-6,8H2,1-2H3,(H,15,16,17). The van der Waals surface area contributed by atoms with Crippen LogP contribution in [0, 0.1) is 0 Å². The lowest BCUT2D eigenvalue weighted by Crippen LogP contribution is -2.33. The molecule has 2 rings (SSSR count). The molecule has 1 heterocycles. The Morgan fingerprint density at radius 1 is 1.50 bits per heavy atom. The maximum Gasteiger partial charge on any atom is 0.135 e. The molecule has 0 amide bonds. The van der Waals surface area contributed by atoms with Crippen molar-refractivity contribution in [1.82, 2.24) is 9.97 Å². The van der Waals surface area contributed by atoms with Crippen LogP contribution in [0.2, 0.25) is 0 Å². The molecule has 0 aromatic carbocycles. The number of nitrogens with one attached hydrogen (secondary N) is 1. The predicted octanol–water partition coefficient (Wildman–Crippen LogP) is 3.08. The van der Waals surface area contributed by atoms with Crippen molar-refractivity contribution in [1.29, 1.82) is 0 Å². The number of hydrogen-bond donors (Lipinski definition) is 2. The summed E-state index contributed by atoms with van der Waals surface area (Å²) in [7, 11) is 0. The number of anilines is 1. The minimum atomic E-state index is -0.689. The zero-order valence-electron chi connectivity index (χ0n) is 10.9. The quantitative estimate of drug-likeness (QED) is 0.792. The first kappa shape index (κ1) is 13.7. The number of hydrogen-bond acceptors (Lipinski definition) is 4. The van der Waals surface area contributed by atoms with Crippen LogP contribution < -0.4 is 5.32 Å². The van der Waals surface area contributed by atoms with Gasteiger partial charge in [0, 0.05) is 18.5 Å². The van der Waals surface area contributed by atoms with E-state index in [2.05, 4.69) is 38.1 Å². The molecule has 5 heteroatoms. The van der Waals surface area contributed by atoms with E-state index in [-0.39, 0.29) is 0 Å². The van der Waals surface area contributed by atoms with Crippen molar-refractivity contribution in [3.63, 3.8) is 0 Å². The van der Waals surface area contributed by atoms with Gasteiger partial charge < -0.3 is 10.4 Å². The van der Waals surface area contributed by atoms with Gasteiger partial charge in [0.2, 0.25) is 0 Å². The van der Waals surface area contributed by atoms with Crippen LogP contribution in [0.4, 0.5) is 5.82 Å². The van der Waals surface area contributed by atoms with Crippen molar-refractivity contribution in [3.05, 3.63) is 16.5 Å². The molecule has 0 saturated heterocycles. The normalized spacial score (nSPS) is 18.4. The van der Waals surface area contributed by atoms with Gasteiger partial charge in [-0.1, -0.05) is 13.3 Å². The van der Waals surface area contributed by atoms with Gasteiger partial charge in [0.1, 0.15) is 16.2 Å². The summed E-state index contributed by atoms with van der Waals surface area (Å²) in [6, 6.07) is 1.86. The van der Waals surface area contributed by atoms with E-state index >= 15 is 0 Å². The zero-order valence-corrected chi connectivity index (χ0v) is 12.5. The van der Waals surface area contributed by atoms with E-state index in [9.17, 15) is 5.11 Å². The molecule has 0 spiro atoms. The molecule has 1 aromatic rings. The number of aromatic nitrogens is 2. The highest BCUT2D eigenvalue weighted by Gasteiger charge is 2.27. The van der Waals surface area contributed by atoms with Gasteiger partial charge >= 0.3 is 0 Å². The SMILES string of the molecule is CCCC(C)(O)CNc1cc(Br)nc(C2CC2)n1. The lowest BCUT2D eigenvalue weighted by atomic mass is 10.0. The minimum absolute atomic E-state index is 0.508. The second-order valence-corrected chi connectivity index (χ2v) is 6.12. The minimum Gasteiger partial charge on any atom is -0.388 e. The summed E-state index contributed by atoms with van der Waals surface area (Å²) in [6.45, 7) is 4.43. The topological polar surface area (TPSA) is 58.0 Å².